The number of hydrogen-bond acceptors (Lipinski definition) is 3. The maximum Gasteiger partial charge on any atom is 0.319 e. The fourth-order valence-corrected chi connectivity index (χ4v) is 2.34. The molecule has 0 saturated carbocycles. The lowest BCUT2D eigenvalue weighted by Crippen LogP contribution is -2.44. The molecule has 5 nitrogen and oxygen atoms in total. The van der Waals surface area contributed by atoms with E-state index < -0.39 is 11.5 Å². The van der Waals surface area contributed by atoms with E-state index in [0.717, 1.165) is 5.56 Å². The van der Waals surface area contributed by atoms with Crippen molar-refractivity contribution in [3.05, 3.63) is 23.8 Å². The highest BCUT2D eigenvalue weighted by Gasteiger charge is 2.30. The third-order valence-electron chi connectivity index (χ3n) is 3.83. The molecule has 1 rings (SSSR count). The number of aliphatic hydroxyl groups excluding tert-OH is 1. The summed E-state index contributed by atoms with van der Waals surface area (Å²) in [5.74, 6) is 0.831. The highest BCUT2D eigenvalue weighted by molar-refractivity contribution is 5.90. The van der Waals surface area contributed by atoms with Crippen LogP contribution in [-0.4, -0.2) is 30.9 Å². The van der Waals surface area contributed by atoms with Crippen molar-refractivity contribution < 1.29 is 14.6 Å². The molecule has 0 fully saturated rings. The van der Waals surface area contributed by atoms with Crippen LogP contribution in [0.25, 0.3) is 0 Å². The van der Waals surface area contributed by atoms with Crippen LogP contribution in [0.2, 0.25) is 0 Å². The van der Waals surface area contributed by atoms with E-state index in [1.165, 1.54) is 0 Å². The van der Waals surface area contributed by atoms with E-state index in [4.69, 9.17) is 4.74 Å². The maximum atomic E-state index is 12.1. The van der Waals surface area contributed by atoms with Crippen LogP contribution in [0, 0.1) is 18.3 Å². The van der Waals surface area contributed by atoms with Crippen molar-refractivity contribution in [1.82, 2.24) is 5.32 Å². The van der Waals surface area contributed by atoms with E-state index in [2.05, 4.69) is 10.6 Å². The fraction of sp³-hybridized carbons (Fsp3) is 0.588. The van der Waals surface area contributed by atoms with Gasteiger partial charge in [-0.05, 0) is 24.5 Å². The van der Waals surface area contributed by atoms with Gasteiger partial charge in [0, 0.05) is 23.7 Å². The third-order valence-corrected chi connectivity index (χ3v) is 3.83. The average Bonchev–Trinajstić information content (AvgIpc) is 2.46. The summed E-state index contributed by atoms with van der Waals surface area (Å²) in [6, 6.07) is 5.23. The van der Waals surface area contributed by atoms with Crippen LogP contribution in [0.4, 0.5) is 10.5 Å². The van der Waals surface area contributed by atoms with E-state index in [-0.39, 0.29) is 11.9 Å². The predicted octanol–water partition coefficient (Wildman–Crippen LogP) is 3.17. The first-order valence-electron chi connectivity index (χ1n) is 7.55. The highest BCUT2D eigenvalue weighted by atomic mass is 16.5. The lowest BCUT2D eigenvalue weighted by molar-refractivity contribution is 0.0154. The van der Waals surface area contributed by atoms with Gasteiger partial charge in [-0.1, -0.05) is 33.8 Å². The minimum atomic E-state index is -0.480. The summed E-state index contributed by atoms with van der Waals surface area (Å²) in [6.07, 6.45) is -0.480. The summed E-state index contributed by atoms with van der Waals surface area (Å²) in [4.78, 5) is 12.1. The Bertz CT molecular complexity index is 513. The van der Waals surface area contributed by atoms with Crippen LogP contribution in [0.3, 0.4) is 0 Å². The van der Waals surface area contributed by atoms with Gasteiger partial charge < -0.3 is 20.5 Å². The molecule has 3 N–H and O–H groups in total. The maximum absolute atomic E-state index is 12.1. The molecule has 1 aromatic rings. The molecule has 0 unspecified atom stereocenters. The Kier molecular flexibility index (Phi) is 6.23. The molecule has 5 heteroatoms. The van der Waals surface area contributed by atoms with Crippen molar-refractivity contribution in [3.63, 3.8) is 0 Å². The number of carbonyl (C=O) groups excluding carboxylic acids is 1. The van der Waals surface area contributed by atoms with E-state index in [9.17, 15) is 9.90 Å². The number of rotatable bonds is 6. The van der Waals surface area contributed by atoms with Crippen molar-refractivity contribution in [2.75, 3.05) is 19.0 Å². The van der Waals surface area contributed by atoms with Gasteiger partial charge in [-0.25, -0.2) is 4.79 Å². The van der Waals surface area contributed by atoms with Crippen LogP contribution >= 0.6 is 0 Å². The molecule has 0 bridgehead atoms. The molecule has 2 amide bonds. The van der Waals surface area contributed by atoms with E-state index in [1.807, 2.05) is 46.8 Å². The molecular formula is C17H28N2O3. The molecule has 1 atom stereocenters. The monoisotopic (exact) mass is 308 g/mol. The number of anilines is 1. The molecule has 0 radical (unpaired) electrons. The number of benzene rings is 1. The number of methoxy groups -OCH3 is 1. The lowest BCUT2D eigenvalue weighted by atomic mass is 9.81. The second kappa shape index (κ2) is 7.49. The fourth-order valence-electron chi connectivity index (χ4n) is 2.34. The zero-order valence-corrected chi connectivity index (χ0v) is 14.4. The first-order chi connectivity index (χ1) is 10.2. The molecule has 0 spiro atoms. The zero-order valence-electron chi connectivity index (χ0n) is 14.4. The Morgan fingerprint density at radius 2 is 2.00 bits per heavy atom. The second-order valence-corrected chi connectivity index (χ2v) is 6.67. The van der Waals surface area contributed by atoms with Crippen LogP contribution in [0.5, 0.6) is 5.75 Å². The molecule has 0 aromatic heterocycles. The number of carbonyl (C=O) groups is 1. The van der Waals surface area contributed by atoms with E-state index in [1.54, 1.807) is 13.2 Å². The summed E-state index contributed by atoms with van der Waals surface area (Å²) >= 11 is 0. The van der Waals surface area contributed by atoms with Gasteiger partial charge in [0.15, 0.2) is 0 Å². The average molecular weight is 308 g/mol. The molecule has 0 saturated heterocycles. The Labute approximate surface area is 133 Å². The summed E-state index contributed by atoms with van der Waals surface area (Å²) in [7, 11) is 1.59. The SMILES string of the molecule is COc1ccc(C)c(NC(=O)NCC(C)(C)[C@H](O)C(C)C)c1. The Morgan fingerprint density at radius 3 is 2.55 bits per heavy atom. The first-order valence-corrected chi connectivity index (χ1v) is 7.55. The topological polar surface area (TPSA) is 70.6 Å². The quantitative estimate of drug-likeness (QED) is 0.756. The van der Waals surface area contributed by atoms with Gasteiger partial charge in [-0.15, -0.1) is 0 Å². The van der Waals surface area contributed by atoms with Crippen molar-refractivity contribution in [2.24, 2.45) is 11.3 Å². The third kappa shape index (κ3) is 4.91. The summed E-state index contributed by atoms with van der Waals surface area (Å²) in [6.45, 7) is 10.1. The van der Waals surface area contributed by atoms with Crippen molar-refractivity contribution in [3.8, 4) is 5.75 Å². The van der Waals surface area contributed by atoms with Gasteiger partial charge in [0.1, 0.15) is 5.75 Å². The molecule has 22 heavy (non-hydrogen) atoms. The molecule has 0 aliphatic heterocycles. The second-order valence-electron chi connectivity index (χ2n) is 6.67. The Hall–Kier alpha value is -1.75. The van der Waals surface area contributed by atoms with Crippen molar-refractivity contribution >= 4 is 11.7 Å². The number of ether oxygens (including phenoxy) is 1. The number of hydrogen-bond donors (Lipinski definition) is 3. The molecule has 0 aliphatic rings. The smallest absolute Gasteiger partial charge is 0.319 e. The van der Waals surface area contributed by atoms with Gasteiger partial charge in [-0.3, -0.25) is 0 Å². The Balaban J connectivity index is 2.64. The highest BCUT2D eigenvalue weighted by Crippen LogP contribution is 2.25. The molecule has 0 aliphatic carbocycles. The van der Waals surface area contributed by atoms with Crippen molar-refractivity contribution in [2.45, 2.75) is 40.7 Å². The minimum absolute atomic E-state index is 0.139. The van der Waals surface area contributed by atoms with Crippen LogP contribution < -0.4 is 15.4 Å². The minimum Gasteiger partial charge on any atom is -0.497 e. The number of nitrogens with one attached hydrogen (secondary N) is 2. The van der Waals surface area contributed by atoms with E-state index in [0.29, 0.717) is 18.0 Å². The Morgan fingerprint density at radius 1 is 1.36 bits per heavy atom. The number of aliphatic hydroxyl groups is 1. The predicted molar refractivity (Wildman–Crippen MR) is 89.4 cm³/mol. The standard InChI is InChI=1S/C17H28N2O3/c1-11(2)15(20)17(4,5)10-18-16(21)19-14-9-13(22-6)8-7-12(14)3/h7-9,11,15,20H,10H2,1-6H3,(H2,18,19,21)/t15-/m1/s1. The van der Waals surface area contributed by atoms with E-state index >= 15 is 0 Å². The zero-order chi connectivity index (χ0) is 16.9. The van der Waals surface area contributed by atoms with Gasteiger partial charge in [-0.2, -0.15) is 0 Å². The van der Waals surface area contributed by atoms with Crippen LogP contribution in [-0.2, 0) is 0 Å². The van der Waals surface area contributed by atoms with Gasteiger partial charge >= 0.3 is 6.03 Å². The molecular weight excluding hydrogens is 280 g/mol. The number of aryl methyl sites for hydroxylation is 1. The summed E-state index contributed by atoms with van der Waals surface area (Å²) in [5.41, 5.74) is 1.27. The van der Waals surface area contributed by atoms with Crippen LogP contribution in [0.15, 0.2) is 18.2 Å². The lowest BCUT2D eigenvalue weighted by Gasteiger charge is -2.33. The number of urea groups is 1. The van der Waals surface area contributed by atoms with Crippen molar-refractivity contribution in [1.29, 1.82) is 0 Å². The summed E-state index contributed by atoms with van der Waals surface area (Å²) < 4.78 is 5.16. The van der Waals surface area contributed by atoms with Gasteiger partial charge in [0.05, 0.1) is 13.2 Å². The van der Waals surface area contributed by atoms with Gasteiger partial charge in [0.2, 0.25) is 0 Å². The first kappa shape index (κ1) is 18.3. The summed E-state index contributed by atoms with van der Waals surface area (Å²) in [5, 5.41) is 15.8. The molecule has 1 aromatic carbocycles. The molecule has 0 heterocycles. The molecule has 124 valence electrons. The normalized spacial score (nSPS) is 12.9. The van der Waals surface area contributed by atoms with Crippen LogP contribution in [0.1, 0.15) is 33.3 Å². The van der Waals surface area contributed by atoms with Gasteiger partial charge in [0.25, 0.3) is 0 Å². The largest absolute Gasteiger partial charge is 0.497 e. The number of amides is 2.